The quantitative estimate of drug-likeness (QED) is 0.197. The van der Waals surface area contributed by atoms with Crippen LogP contribution in [0.5, 0.6) is 0 Å². The van der Waals surface area contributed by atoms with Gasteiger partial charge in [-0.15, -0.1) is 5.73 Å². The van der Waals surface area contributed by atoms with Crippen LogP contribution >= 0.6 is 10.5 Å². The summed E-state index contributed by atoms with van der Waals surface area (Å²) in [6, 6.07) is 0. The first-order valence-corrected chi connectivity index (χ1v) is 19.0. The van der Waals surface area contributed by atoms with Crippen LogP contribution in [0.15, 0.2) is 58.5 Å². The molecule has 0 aromatic carbocycles. The van der Waals surface area contributed by atoms with Gasteiger partial charge in [0.2, 0.25) is 0 Å². The molecule has 5 heteroatoms. The van der Waals surface area contributed by atoms with E-state index in [1.165, 1.54) is 43.3 Å². The minimum absolute atomic E-state index is 0. The topological polar surface area (TPSA) is 43.8 Å². The van der Waals surface area contributed by atoms with Crippen molar-refractivity contribution in [1.29, 1.82) is 0 Å². The van der Waals surface area contributed by atoms with E-state index in [1.807, 2.05) is 26.4 Å². The first-order chi connectivity index (χ1) is 20.0. The zero-order chi connectivity index (χ0) is 30.3. The summed E-state index contributed by atoms with van der Waals surface area (Å²) in [4.78, 5) is 15.2. The van der Waals surface area contributed by atoms with Crippen molar-refractivity contribution in [2.75, 3.05) is 39.2 Å². The predicted octanol–water partition coefficient (Wildman–Crippen LogP) is 9.15. The van der Waals surface area contributed by atoms with Crippen molar-refractivity contribution in [2.45, 2.75) is 92.9 Å². The molecule has 3 fully saturated rings. The van der Waals surface area contributed by atoms with Crippen LogP contribution in [0, 0.1) is 40.6 Å². The average molecular weight is 608 g/mol. The van der Waals surface area contributed by atoms with Crippen molar-refractivity contribution >= 4 is 16.3 Å². The Bertz CT molecular complexity index is 1240. The lowest BCUT2D eigenvalue weighted by Gasteiger charge is -2.57. The summed E-state index contributed by atoms with van der Waals surface area (Å²) in [6.45, 7) is 11.7. The molecule has 0 aromatic rings. The Labute approximate surface area is 265 Å². The summed E-state index contributed by atoms with van der Waals surface area (Å²) in [5.41, 5.74) is 9.84. The standard InChI is InChI=1S/C35H49N2O2S.C2H6.CH4/c1-34-18-14-25(8-13-33(38)26-16-21-37(22-17-26)40(4,5)39)23-28(34)9-10-29-31-12-11-30(27-7-6-20-36(3)24-27)35(31,2)19-15-32(29)34;1-2;/h6-7,9,11,24,26,29,31-32,39H,10,12,14-23H2,1-5H3;1-2H3;1H4/t8?,29-,31-,32-,34-,35?;;/m0../s1. The largest absolute Gasteiger partial charge is 0.376 e. The smallest absolute Gasteiger partial charge is 0.175 e. The van der Waals surface area contributed by atoms with E-state index < -0.39 is 10.5 Å². The fraction of sp³-hybridized carbons (Fsp3) is 0.684. The molecular weight excluding hydrogens is 548 g/mol. The molecule has 0 aromatic heterocycles. The van der Waals surface area contributed by atoms with Crippen LogP contribution in [0.1, 0.15) is 92.9 Å². The van der Waals surface area contributed by atoms with Gasteiger partial charge in [0.05, 0.1) is 6.08 Å². The Kier molecular flexibility index (Phi) is 10.5. The third-order valence-electron chi connectivity index (χ3n) is 11.7. The van der Waals surface area contributed by atoms with E-state index >= 15 is 0 Å². The number of hydrogen-bond acceptors (Lipinski definition) is 4. The molecule has 2 aliphatic heterocycles. The number of Topliss-reactive ketones (excluding diaryl/α,β-unsaturated/α-hetero) is 1. The SMILES string of the molecule is C.CC.CN1C=C(C2=CC[C@H]3[C@@H]4CC=C5CC(=C=[C]C(=O)C6CCN(S(C)(C)O)CC6)CC[C@]5(C)[C@H]4CCC23C)C=CC1. The number of piperidine rings is 1. The van der Waals surface area contributed by atoms with Crippen LogP contribution in [0.4, 0.5) is 0 Å². The molecule has 1 saturated heterocycles. The number of carbonyl (C=O) groups excluding carboxylic acids is 1. The number of carbonyl (C=O) groups is 1. The lowest BCUT2D eigenvalue weighted by atomic mass is 9.47. The molecule has 6 rings (SSSR count). The van der Waals surface area contributed by atoms with Gasteiger partial charge in [-0.25, -0.2) is 4.31 Å². The Balaban J connectivity index is 0.00000138. The van der Waals surface area contributed by atoms with Crippen molar-refractivity contribution in [3.63, 3.8) is 0 Å². The third-order valence-corrected chi connectivity index (χ3v) is 13.4. The molecule has 0 spiro atoms. The van der Waals surface area contributed by atoms with Gasteiger partial charge in [-0.2, -0.15) is 0 Å². The summed E-state index contributed by atoms with van der Waals surface area (Å²) in [5.74, 6) is 2.39. The second kappa shape index (κ2) is 13.3. The Hall–Kier alpha value is -1.78. The molecular formula is C38H59N2O2S. The molecule has 1 N–H and O–H groups in total. The fourth-order valence-electron chi connectivity index (χ4n) is 9.28. The van der Waals surface area contributed by atoms with E-state index in [4.69, 9.17) is 0 Å². The first-order valence-electron chi connectivity index (χ1n) is 16.6. The highest BCUT2D eigenvalue weighted by Crippen LogP contribution is 2.66. The number of fused-ring (bicyclic) bond motifs is 5. The van der Waals surface area contributed by atoms with Gasteiger partial charge >= 0.3 is 0 Å². The predicted molar refractivity (Wildman–Crippen MR) is 185 cm³/mol. The number of nitrogens with zero attached hydrogens (tertiary/aromatic N) is 2. The molecule has 43 heavy (non-hydrogen) atoms. The van der Waals surface area contributed by atoms with E-state index in [1.54, 1.807) is 11.1 Å². The zero-order valence-corrected chi connectivity index (χ0v) is 28.2. The maximum Gasteiger partial charge on any atom is 0.175 e. The molecule has 1 unspecified atom stereocenters. The fourth-order valence-corrected chi connectivity index (χ4v) is 10.4. The number of ketones is 1. The molecule has 4 nitrogen and oxygen atoms in total. The Morgan fingerprint density at radius 3 is 2.42 bits per heavy atom. The molecule has 239 valence electrons. The first kappa shape index (κ1) is 34.1. The highest BCUT2D eigenvalue weighted by molar-refractivity contribution is 8.26. The second-order valence-electron chi connectivity index (χ2n) is 14.3. The van der Waals surface area contributed by atoms with Crippen molar-refractivity contribution < 1.29 is 9.35 Å². The van der Waals surface area contributed by atoms with E-state index in [-0.39, 0.29) is 24.5 Å². The van der Waals surface area contributed by atoms with Crippen LogP contribution in [-0.4, -0.2) is 58.7 Å². The maximum atomic E-state index is 12.9. The van der Waals surface area contributed by atoms with Gasteiger partial charge < -0.3 is 9.45 Å². The third kappa shape index (κ3) is 6.48. The highest BCUT2D eigenvalue weighted by Gasteiger charge is 2.56. The van der Waals surface area contributed by atoms with Gasteiger partial charge in [0.1, 0.15) is 0 Å². The molecule has 2 saturated carbocycles. The highest BCUT2D eigenvalue weighted by atomic mass is 32.3. The zero-order valence-electron chi connectivity index (χ0n) is 27.3. The summed E-state index contributed by atoms with van der Waals surface area (Å²) in [7, 11) is 0.499. The van der Waals surface area contributed by atoms with Gasteiger partial charge in [0, 0.05) is 38.8 Å². The minimum atomic E-state index is -1.68. The second-order valence-corrected chi connectivity index (χ2v) is 17.3. The van der Waals surface area contributed by atoms with Crippen molar-refractivity contribution in [3.05, 3.63) is 64.6 Å². The van der Waals surface area contributed by atoms with Gasteiger partial charge in [0.15, 0.2) is 5.78 Å². The van der Waals surface area contributed by atoms with Crippen molar-refractivity contribution in [2.24, 2.45) is 34.5 Å². The molecule has 1 radical (unpaired) electrons. The summed E-state index contributed by atoms with van der Waals surface area (Å²) in [6.07, 6.45) is 28.9. The Morgan fingerprint density at radius 1 is 1.02 bits per heavy atom. The van der Waals surface area contributed by atoms with E-state index in [9.17, 15) is 9.35 Å². The number of likely N-dealkylation sites (N-methyl/N-ethyl adjacent to an activating group) is 1. The maximum absolute atomic E-state index is 12.9. The van der Waals surface area contributed by atoms with Crippen molar-refractivity contribution in [1.82, 2.24) is 9.21 Å². The van der Waals surface area contributed by atoms with E-state index in [0.717, 1.165) is 63.1 Å². The molecule has 0 amide bonds. The lowest BCUT2D eigenvalue weighted by molar-refractivity contribution is -0.119. The van der Waals surface area contributed by atoms with Crippen LogP contribution in [-0.2, 0) is 4.79 Å². The van der Waals surface area contributed by atoms with Gasteiger partial charge in [0.25, 0.3) is 0 Å². The molecule has 0 bridgehead atoms. The van der Waals surface area contributed by atoms with Crippen LogP contribution in [0.2, 0.25) is 0 Å². The number of rotatable bonds is 4. The lowest BCUT2D eigenvalue weighted by Crippen LogP contribution is -2.49. The van der Waals surface area contributed by atoms with Crippen LogP contribution in [0.25, 0.3) is 0 Å². The van der Waals surface area contributed by atoms with Crippen LogP contribution < -0.4 is 0 Å². The molecule has 5 atom stereocenters. The average Bonchev–Trinajstić information content (AvgIpc) is 3.34. The molecule has 6 aliphatic rings. The van der Waals surface area contributed by atoms with Gasteiger partial charge in [-0.05, 0) is 116 Å². The van der Waals surface area contributed by atoms with E-state index in [0.29, 0.717) is 5.41 Å². The normalized spacial score (nSPS) is 34.5. The monoisotopic (exact) mass is 607 g/mol. The van der Waals surface area contributed by atoms with Gasteiger partial charge in [-0.1, -0.05) is 75.5 Å². The molecule has 4 aliphatic carbocycles. The summed E-state index contributed by atoms with van der Waals surface area (Å²) >= 11 is 0. The van der Waals surface area contributed by atoms with Crippen LogP contribution in [0.3, 0.4) is 0 Å². The van der Waals surface area contributed by atoms with Gasteiger partial charge in [-0.3, -0.25) is 4.79 Å². The summed E-state index contributed by atoms with van der Waals surface area (Å²) < 4.78 is 12.5. The minimum Gasteiger partial charge on any atom is -0.376 e. The Morgan fingerprint density at radius 2 is 1.74 bits per heavy atom. The molecule has 2 heterocycles. The number of hydrogen-bond donors (Lipinski definition) is 1. The van der Waals surface area contributed by atoms with E-state index in [2.05, 4.69) is 72.4 Å². The summed E-state index contributed by atoms with van der Waals surface area (Å²) in [5, 5.41) is 0. The van der Waals surface area contributed by atoms with Crippen molar-refractivity contribution in [3.8, 4) is 0 Å². The number of allylic oxidation sites excluding steroid dienone is 7.